The first-order valence-electron chi connectivity index (χ1n) is 12.8. The predicted molar refractivity (Wildman–Crippen MR) is 144 cm³/mol. The molecule has 1 aromatic heterocycles. The lowest BCUT2D eigenvalue weighted by atomic mass is 9.93. The van der Waals surface area contributed by atoms with Crippen LogP contribution in [0.2, 0.25) is 0 Å². The summed E-state index contributed by atoms with van der Waals surface area (Å²) >= 11 is 0. The smallest absolute Gasteiger partial charge is 0.319 e. The van der Waals surface area contributed by atoms with E-state index in [0.29, 0.717) is 22.9 Å². The molecule has 0 bridgehead atoms. The molecule has 0 fully saturated rings. The van der Waals surface area contributed by atoms with Crippen LogP contribution in [0.3, 0.4) is 0 Å². The van der Waals surface area contributed by atoms with Crippen LogP contribution in [-0.2, 0) is 4.79 Å². The van der Waals surface area contributed by atoms with Crippen molar-refractivity contribution in [3.8, 4) is 0 Å². The van der Waals surface area contributed by atoms with E-state index in [0.717, 1.165) is 30.2 Å². The lowest BCUT2D eigenvalue weighted by Crippen LogP contribution is -2.46. The SMILES string of the molecule is CC1=C(C(=O)Nc2ccc3[nH]ncc3c2)C(c2ccc(F)c(C(=O)NC(C)CCCC(C)C)c2)NC(=O)N1. The largest absolute Gasteiger partial charge is 0.349 e. The molecule has 10 heteroatoms. The Kier molecular flexibility index (Phi) is 8.09. The van der Waals surface area contributed by atoms with E-state index in [-0.39, 0.29) is 17.2 Å². The number of H-pyrrole nitrogens is 1. The van der Waals surface area contributed by atoms with Gasteiger partial charge in [-0.1, -0.05) is 32.8 Å². The van der Waals surface area contributed by atoms with E-state index in [1.807, 2.05) is 6.92 Å². The molecule has 0 spiro atoms. The lowest BCUT2D eigenvalue weighted by Gasteiger charge is -2.29. The summed E-state index contributed by atoms with van der Waals surface area (Å²) in [7, 11) is 0. The van der Waals surface area contributed by atoms with E-state index in [9.17, 15) is 18.8 Å². The molecular formula is C28H33FN6O3. The number of aromatic nitrogens is 2. The summed E-state index contributed by atoms with van der Waals surface area (Å²) in [5.41, 5.74) is 2.24. The highest BCUT2D eigenvalue weighted by Gasteiger charge is 2.32. The number of carbonyl (C=O) groups excluding carboxylic acids is 3. The van der Waals surface area contributed by atoms with Crippen LogP contribution in [0.25, 0.3) is 10.9 Å². The van der Waals surface area contributed by atoms with Crippen LogP contribution in [0.15, 0.2) is 53.9 Å². The highest BCUT2D eigenvalue weighted by atomic mass is 19.1. The molecule has 4 amide bonds. The van der Waals surface area contributed by atoms with Crippen LogP contribution >= 0.6 is 0 Å². The fourth-order valence-corrected chi connectivity index (χ4v) is 4.57. The summed E-state index contributed by atoms with van der Waals surface area (Å²) in [6, 6.07) is 7.83. The maximum absolute atomic E-state index is 14.7. The van der Waals surface area contributed by atoms with Crippen molar-refractivity contribution in [2.75, 3.05) is 5.32 Å². The third kappa shape index (κ3) is 6.19. The molecule has 3 aromatic rings. The van der Waals surface area contributed by atoms with E-state index in [2.05, 4.69) is 45.3 Å². The summed E-state index contributed by atoms with van der Waals surface area (Å²) in [4.78, 5) is 38.6. The molecule has 0 saturated heterocycles. The Bertz CT molecular complexity index is 1400. The van der Waals surface area contributed by atoms with Gasteiger partial charge in [-0.25, -0.2) is 9.18 Å². The first-order chi connectivity index (χ1) is 18.1. The summed E-state index contributed by atoms with van der Waals surface area (Å²) in [6.07, 6.45) is 4.44. The average Bonchev–Trinajstić information content (AvgIpc) is 3.31. The molecule has 0 aliphatic carbocycles. The van der Waals surface area contributed by atoms with E-state index in [1.165, 1.54) is 18.2 Å². The zero-order chi connectivity index (χ0) is 27.4. The predicted octanol–water partition coefficient (Wildman–Crippen LogP) is 4.91. The number of aromatic amines is 1. The first-order valence-corrected chi connectivity index (χ1v) is 12.8. The van der Waals surface area contributed by atoms with Crippen molar-refractivity contribution in [1.82, 2.24) is 26.1 Å². The number of halogens is 1. The Morgan fingerprint density at radius 3 is 2.63 bits per heavy atom. The van der Waals surface area contributed by atoms with Gasteiger partial charge in [-0.2, -0.15) is 5.10 Å². The summed E-state index contributed by atoms with van der Waals surface area (Å²) in [6.45, 7) is 7.80. The Morgan fingerprint density at radius 1 is 1.08 bits per heavy atom. The molecule has 38 heavy (non-hydrogen) atoms. The Morgan fingerprint density at radius 2 is 1.87 bits per heavy atom. The molecule has 200 valence electrons. The molecule has 4 rings (SSSR count). The molecule has 1 aliphatic heterocycles. The van der Waals surface area contributed by atoms with Gasteiger partial charge in [0.25, 0.3) is 11.8 Å². The number of amides is 4. The molecule has 1 aliphatic rings. The number of carbonyl (C=O) groups is 3. The van der Waals surface area contributed by atoms with Crippen LogP contribution in [0, 0.1) is 11.7 Å². The number of urea groups is 1. The maximum atomic E-state index is 14.7. The van der Waals surface area contributed by atoms with E-state index >= 15 is 0 Å². The second kappa shape index (κ2) is 11.5. The first kappa shape index (κ1) is 26.8. The maximum Gasteiger partial charge on any atom is 0.319 e. The molecule has 9 nitrogen and oxygen atoms in total. The number of anilines is 1. The standard InChI is InChI=1S/C28H33FN6O3/c1-15(2)6-5-7-16(3)31-26(36)21-13-18(8-10-22(21)29)25-24(17(4)32-28(38)34-25)27(37)33-20-9-11-23-19(12-20)14-30-35-23/h8-16,25H,5-7H2,1-4H3,(H,30,35)(H,31,36)(H,33,37)(H2,32,34,38). The number of allylic oxidation sites excluding steroid dienone is 1. The molecule has 2 heterocycles. The number of hydrogen-bond acceptors (Lipinski definition) is 4. The number of nitrogens with one attached hydrogen (secondary N) is 5. The van der Waals surface area contributed by atoms with Crippen molar-refractivity contribution in [1.29, 1.82) is 0 Å². The second-order valence-electron chi connectivity index (χ2n) is 10.1. The van der Waals surface area contributed by atoms with Gasteiger partial charge >= 0.3 is 6.03 Å². The second-order valence-corrected chi connectivity index (χ2v) is 10.1. The summed E-state index contributed by atoms with van der Waals surface area (Å²) < 4.78 is 14.7. The quantitative estimate of drug-likeness (QED) is 0.275. The molecular weight excluding hydrogens is 487 g/mol. The van der Waals surface area contributed by atoms with E-state index in [4.69, 9.17) is 0 Å². The summed E-state index contributed by atoms with van der Waals surface area (Å²) in [5.74, 6) is -1.09. The van der Waals surface area contributed by atoms with Crippen molar-refractivity contribution in [3.05, 3.63) is 70.8 Å². The normalized spacial score (nSPS) is 16.3. The zero-order valence-corrected chi connectivity index (χ0v) is 21.9. The fourth-order valence-electron chi connectivity index (χ4n) is 4.57. The molecule has 2 unspecified atom stereocenters. The van der Waals surface area contributed by atoms with Gasteiger partial charge in [0.05, 0.1) is 28.9 Å². The highest BCUT2D eigenvalue weighted by molar-refractivity contribution is 6.07. The van der Waals surface area contributed by atoms with Gasteiger partial charge in [-0.05, 0) is 62.1 Å². The van der Waals surface area contributed by atoms with Gasteiger partial charge in [0.1, 0.15) is 5.82 Å². The third-order valence-electron chi connectivity index (χ3n) is 6.58. The van der Waals surface area contributed by atoms with Crippen molar-refractivity contribution in [2.24, 2.45) is 5.92 Å². The fraction of sp³-hybridized carbons (Fsp3) is 0.357. The number of benzene rings is 2. The number of hydrogen-bond donors (Lipinski definition) is 5. The van der Waals surface area contributed by atoms with Crippen LogP contribution < -0.4 is 21.3 Å². The van der Waals surface area contributed by atoms with Gasteiger partial charge in [0.15, 0.2) is 0 Å². The topological polar surface area (TPSA) is 128 Å². The van der Waals surface area contributed by atoms with Crippen molar-refractivity contribution >= 4 is 34.4 Å². The van der Waals surface area contributed by atoms with Gasteiger partial charge in [-0.3, -0.25) is 14.7 Å². The minimum Gasteiger partial charge on any atom is -0.349 e. The molecule has 0 saturated carbocycles. The van der Waals surface area contributed by atoms with Crippen LogP contribution in [0.4, 0.5) is 14.9 Å². The van der Waals surface area contributed by atoms with Crippen molar-refractivity contribution < 1.29 is 18.8 Å². The van der Waals surface area contributed by atoms with Gasteiger partial charge in [-0.15, -0.1) is 0 Å². The third-order valence-corrected chi connectivity index (χ3v) is 6.58. The lowest BCUT2D eigenvalue weighted by molar-refractivity contribution is -0.113. The summed E-state index contributed by atoms with van der Waals surface area (Å²) in [5, 5.41) is 18.7. The van der Waals surface area contributed by atoms with Crippen LogP contribution in [0.1, 0.15) is 68.9 Å². The Balaban J connectivity index is 1.56. The minimum atomic E-state index is -0.892. The molecule has 5 N–H and O–H groups in total. The average molecular weight is 521 g/mol. The molecule has 2 aromatic carbocycles. The van der Waals surface area contributed by atoms with Crippen LogP contribution in [0.5, 0.6) is 0 Å². The Hall–Kier alpha value is -4.21. The van der Waals surface area contributed by atoms with Gasteiger partial charge in [0.2, 0.25) is 0 Å². The van der Waals surface area contributed by atoms with Crippen molar-refractivity contribution in [2.45, 2.75) is 59.0 Å². The molecule has 0 radical (unpaired) electrons. The Labute approximate surface area is 220 Å². The van der Waals surface area contributed by atoms with Crippen LogP contribution in [-0.4, -0.2) is 34.1 Å². The van der Waals surface area contributed by atoms with Crippen molar-refractivity contribution in [3.63, 3.8) is 0 Å². The van der Waals surface area contributed by atoms with Gasteiger partial charge in [0, 0.05) is 22.8 Å². The monoisotopic (exact) mass is 520 g/mol. The van der Waals surface area contributed by atoms with E-state index < -0.39 is 29.7 Å². The minimum absolute atomic E-state index is 0.126. The highest BCUT2D eigenvalue weighted by Crippen LogP contribution is 2.29. The zero-order valence-electron chi connectivity index (χ0n) is 21.9. The number of fused-ring (bicyclic) bond motifs is 1. The number of nitrogens with zero attached hydrogens (tertiary/aromatic N) is 1. The van der Waals surface area contributed by atoms with E-state index in [1.54, 1.807) is 31.3 Å². The number of rotatable bonds is 9. The molecule has 2 atom stereocenters. The van der Waals surface area contributed by atoms with Gasteiger partial charge < -0.3 is 21.3 Å².